The predicted octanol–water partition coefficient (Wildman–Crippen LogP) is 1.47. The van der Waals surface area contributed by atoms with Gasteiger partial charge < -0.3 is 15.2 Å². The molecule has 0 aromatic rings. The summed E-state index contributed by atoms with van der Waals surface area (Å²) in [7, 11) is 0. The van der Waals surface area contributed by atoms with E-state index in [9.17, 15) is 0 Å². The molecule has 3 fully saturated rings. The largest absolute Gasteiger partial charge is 0.392 e. The van der Waals surface area contributed by atoms with E-state index in [0.717, 1.165) is 52.0 Å². The molecule has 3 aliphatic rings. The molecule has 3 unspecified atom stereocenters. The van der Waals surface area contributed by atoms with Gasteiger partial charge in [-0.05, 0) is 32.2 Å². The summed E-state index contributed by atoms with van der Waals surface area (Å²) in [4.78, 5) is 3.22. The van der Waals surface area contributed by atoms with E-state index in [4.69, 9.17) is 27.4 Å². The van der Waals surface area contributed by atoms with Crippen LogP contribution in [0.25, 0.3) is 0 Å². The van der Waals surface area contributed by atoms with Gasteiger partial charge in [-0.1, -0.05) is 18.6 Å². The van der Waals surface area contributed by atoms with Crippen molar-refractivity contribution in [3.63, 3.8) is 0 Å². The van der Waals surface area contributed by atoms with Crippen molar-refractivity contribution in [1.29, 1.82) is 0 Å². The van der Waals surface area contributed by atoms with Crippen LogP contribution in [0.1, 0.15) is 38.5 Å². The van der Waals surface area contributed by atoms with Crippen LogP contribution in [0.4, 0.5) is 0 Å². The molecule has 108 valence electrons. The van der Waals surface area contributed by atoms with Crippen LogP contribution in [-0.2, 0) is 9.47 Å². The van der Waals surface area contributed by atoms with Crippen LogP contribution < -0.4 is 5.73 Å². The van der Waals surface area contributed by atoms with Crippen molar-refractivity contribution in [3.05, 3.63) is 0 Å². The molecular weight excluding hydrogens is 260 g/mol. The van der Waals surface area contributed by atoms with E-state index in [1.807, 2.05) is 0 Å². The van der Waals surface area contributed by atoms with Gasteiger partial charge in [-0.2, -0.15) is 0 Å². The molecule has 4 nitrogen and oxygen atoms in total. The Hall–Kier alpha value is -0.230. The van der Waals surface area contributed by atoms with Crippen molar-refractivity contribution in [1.82, 2.24) is 4.90 Å². The summed E-state index contributed by atoms with van der Waals surface area (Å²) in [6.07, 6.45) is 6.84. The summed E-state index contributed by atoms with van der Waals surface area (Å²) >= 11 is 5.27. The van der Waals surface area contributed by atoms with Crippen LogP contribution in [0.2, 0.25) is 0 Å². The Morgan fingerprint density at radius 2 is 2.16 bits per heavy atom. The minimum Gasteiger partial charge on any atom is -0.392 e. The molecule has 3 aliphatic heterocycles. The second-order valence-corrected chi connectivity index (χ2v) is 6.60. The van der Waals surface area contributed by atoms with Crippen LogP contribution in [-0.4, -0.2) is 53.9 Å². The first-order valence-electron chi connectivity index (χ1n) is 7.47. The third kappa shape index (κ3) is 2.79. The van der Waals surface area contributed by atoms with Gasteiger partial charge in [-0.15, -0.1) is 0 Å². The van der Waals surface area contributed by atoms with Gasteiger partial charge in [0, 0.05) is 25.7 Å². The number of nitrogens with zero attached hydrogens (tertiary/aromatic N) is 1. The molecular formula is C14H24N2O2S. The summed E-state index contributed by atoms with van der Waals surface area (Å²) in [5.74, 6) is 0. The molecule has 3 atom stereocenters. The predicted molar refractivity (Wildman–Crippen MR) is 78.3 cm³/mol. The molecule has 5 heteroatoms. The monoisotopic (exact) mass is 284 g/mol. The van der Waals surface area contributed by atoms with E-state index in [1.54, 1.807) is 0 Å². The molecule has 3 rings (SSSR count). The lowest BCUT2D eigenvalue weighted by Gasteiger charge is -2.46. The zero-order valence-electron chi connectivity index (χ0n) is 11.5. The molecule has 0 bridgehead atoms. The Balaban J connectivity index is 1.71. The number of rotatable bonds is 2. The molecule has 0 saturated carbocycles. The fourth-order valence-corrected chi connectivity index (χ4v) is 4.10. The summed E-state index contributed by atoms with van der Waals surface area (Å²) in [6.45, 7) is 3.57. The molecule has 19 heavy (non-hydrogen) atoms. The van der Waals surface area contributed by atoms with E-state index in [-0.39, 0.29) is 5.60 Å². The number of nitrogens with two attached hydrogens (primary N) is 1. The number of likely N-dealkylation sites (tertiary alicyclic amines) is 1. The number of ether oxygens (including phenoxy) is 2. The van der Waals surface area contributed by atoms with Gasteiger partial charge in [0.05, 0.1) is 23.2 Å². The molecule has 0 aliphatic carbocycles. The molecule has 0 aromatic carbocycles. The fraction of sp³-hybridized carbons (Fsp3) is 0.929. The van der Waals surface area contributed by atoms with Gasteiger partial charge in [0.2, 0.25) is 0 Å². The lowest BCUT2D eigenvalue weighted by Crippen LogP contribution is -2.56. The van der Waals surface area contributed by atoms with Crippen molar-refractivity contribution in [3.8, 4) is 0 Å². The highest BCUT2D eigenvalue weighted by Gasteiger charge is 2.44. The quantitative estimate of drug-likeness (QED) is 0.778. The molecule has 1 spiro atoms. The van der Waals surface area contributed by atoms with E-state index < -0.39 is 0 Å². The number of hydrogen-bond acceptors (Lipinski definition) is 4. The zero-order chi connectivity index (χ0) is 13.3. The Labute approximate surface area is 120 Å². The topological polar surface area (TPSA) is 47.7 Å². The molecule has 0 radical (unpaired) electrons. The number of thiocarbonyl (C=S) groups is 1. The molecule has 3 saturated heterocycles. The van der Waals surface area contributed by atoms with Gasteiger partial charge in [0.25, 0.3) is 0 Å². The van der Waals surface area contributed by atoms with Crippen LogP contribution in [0, 0.1) is 0 Å². The highest BCUT2D eigenvalue weighted by atomic mass is 32.1. The average Bonchev–Trinajstić information content (AvgIpc) is 2.86. The van der Waals surface area contributed by atoms with Gasteiger partial charge in [0.15, 0.2) is 0 Å². The normalized spacial score (nSPS) is 40.6. The molecule has 0 amide bonds. The first kappa shape index (κ1) is 13.7. The van der Waals surface area contributed by atoms with Crippen molar-refractivity contribution in [2.24, 2.45) is 5.73 Å². The van der Waals surface area contributed by atoms with E-state index in [2.05, 4.69) is 4.90 Å². The van der Waals surface area contributed by atoms with Gasteiger partial charge in [0.1, 0.15) is 0 Å². The smallest absolute Gasteiger partial charge is 0.0951 e. The van der Waals surface area contributed by atoms with Crippen molar-refractivity contribution in [2.45, 2.75) is 56.2 Å². The van der Waals surface area contributed by atoms with Crippen LogP contribution in [0.5, 0.6) is 0 Å². The SMILES string of the molecule is NC(=S)C1CCCCN1C1CCOC2(CCOC2)C1. The number of hydrogen-bond donors (Lipinski definition) is 1. The number of piperidine rings is 1. The average molecular weight is 284 g/mol. The standard InChI is InChI=1S/C14H24N2O2S/c15-13(19)12-3-1-2-6-16(12)11-4-7-18-14(9-11)5-8-17-10-14/h11-12H,1-10H2,(H2,15,19). The highest BCUT2D eigenvalue weighted by Crippen LogP contribution is 2.36. The second kappa shape index (κ2) is 5.64. The summed E-state index contributed by atoms with van der Waals surface area (Å²) < 4.78 is 11.6. The van der Waals surface area contributed by atoms with Gasteiger partial charge >= 0.3 is 0 Å². The zero-order valence-corrected chi connectivity index (χ0v) is 12.3. The van der Waals surface area contributed by atoms with E-state index in [0.29, 0.717) is 17.1 Å². The molecule has 3 heterocycles. The summed E-state index contributed by atoms with van der Waals surface area (Å²) in [5, 5.41) is 0. The Bertz CT molecular complexity index is 344. The van der Waals surface area contributed by atoms with E-state index in [1.165, 1.54) is 12.8 Å². The summed E-state index contributed by atoms with van der Waals surface area (Å²) in [6, 6.07) is 0.855. The second-order valence-electron chi connectivity index (χ2n) is 6.13. The van der Waals surface area contributed by atoms with Crippen molar-refractivity contribution in [2.75, 3.05) is 26.4 Å². The Morgan fingerprint density at radius 3 is 2.89 bits per heavy atom. The first-order valence-corrected chi connectivity index (χ1v) is 7.88. The first-order chi connectivity index (χ1) is 9.20. The molecule has 2 N–H and O–H groups in total. The lowest BCUT2D eigenvalue weighted by atomic mass is 9.86. The minimum atomic E-state index is -0.0267. The fourth-order valence-electron chi connectivity index (χ4n) is 3.84. The van der Waals surface area contributed by atoms with Crippen molar-refractivity contribution < 1.29 is 9.47 Å². The lowest BCUT2D eigenvalue weighted by molar-refractivity contribution is -0.110. The van der Waals surface area contributed by atoms with Gasteiger partial charge in [-0.3, -0.25) is 4.90 Å². The Kier molecular flexibility index (Phi) is 4.08. The summed E-state index contributed by atoms with van der Waals surface area (Å²) in [5.41, 5.74) is 5.92. The maximum absolute atomic E-state index is 6.03. The van der Waals surface area contributed by atoms with Crippen LogP contribution in [0.15, 0.2) is 0 Å². The Morgan fingerprint density at radius 1 is 1.26 bits per heavy atom. The van der Waals surface area contributed by atoms with E-state index >= 15 is 0 Å². The van der Waals surface area contributed by atoms with Crippen LogP contribution >= 0.6 is 12.2 Å². The maximum atomic E-state index is 6.03. The molecule has 0 aromatic heterocycles. The van der Waals surface area contributed by atoms with Crippen LogP contribution in [0.3, 0.4) is 0 Å². The minimum absolute atomic E-state index is 0.0267. The maximum Gasteiger partial charge on any atom is 0.0951 e. The van der Waals surface area contributed by atoms with Gasteiger partial charge in [-0.25, -0.2) is 0 Å². The van der Waals surface area contributed by atoms with Crippen molar-refractivity contribution >= 4 is 17.2 Å². The highest BCUT2D eigenvalue weighted by molar-refractivity contribution is 7.80. The third-order valence-corrected chi connectivity index (χ3v) is 5.15. The third-order valence-electron chi connectivity index (χ3n) is 4.88.